The van der Waals surface area contributed by atoms with E-state index in [0.717, 1.165) is 0 Å². The van der Waals surface area contributed by atoms with E-state index >= 15 is 0 Å². The van der Waals surface area contributed by atoms with Crippen molar-refractivity contribution in [2.24, 2.45) is 5.92 Å². The number of ether oxygens (including phenoxy) is 1. The van der Waals surface area contributed by atoms with Crippen LogP contribution >= 0.6 is 0 Å². The molecule has 0 radical (unpaired) electrons. The van der Waals surface area contributed by atoms with E-state index in [1.54, 1.807) is 12.1 Å². The predicted molar refractivity (Wildman–Crippen MR) is 69.2 cm³/mol. The second kappa shape index (κ2) is 6.96. The van der Waals surface area contributed by atoms with Gasteiger partial charge < -0.3 is 20.9 Å². The number of nitrogens with zero attached hydrogens (tertiary/aromatic N) is 1. The van der Waals surface area contributed by atoms with Crippen LogP contribution in [0.25, 0.3) is 0 Å². The molecule has 5 nitrogen and oxygen atoms in total. The molecule has 4 N–H and O–H groups in total. The van der Waals surface area contributed by atoms with Crippen molar-refractivity contribution < 1.29 is 9.84 Å². The largest absolute Gasteiger partial charge is 0.476 e. The van der Waals surface area contributed by atoms with Gasteiger partial charge in [0.25, 0.3) is 0 Å². The number of aromatic nitrogens is 1. The molecular formula is C12H21N3O2. The van der Waals surface area contributed by atoms with Gasteiger partial charge in [-0.3, -0.25) is 0 Å². The topological polar surface area (TPSA) is 80.4 Å². The second-order valence-corrected chi connectivity index (χ2v) is 4.30. The third-order valence-corrected chi connectivity index (χ3v) is 2.08. The third kappa shape index (κ3) is 4.91. The summed E-state index contributed by atoms with van der Waals surface area (Å²) in [6, 6.07) is 3.57. The first-order chi connectivity index (χ1) is 8.13. The summed E-state index contributed by atoms with van der Waals surface area (Å²) in [5.41, 5.74) is 6.32. The minimum absolute atomic E-state index is 0.165. The molecule has 0 aliphatic heterocycles. The summed E-state index contributed by atoms with van der Waals surface area (Å²) in [7, 11) is 0. The van der Waals surface area contributed by atoms with E-state index in [4.69, 9.17) is 15.6 Å². The maximum atomic E-state index is 8.68. The number of nitrogens with one attached hydrogen (secondary N) is 1. The number of pyridine rings is 1. The number of hydrogen-bond acceptors (Lipinski definition) is 5. The van der Waals surface area contributed by atoms with Crippen molar-refractivity contribution in [2.45, 2.75) is 20.3 Å². The molecule has 0 atom stereocenters. The van der Waals surface area contributed by atoms with Crippen LogP contribution in [0.4, 0.5) is 11.5 Å². The number of nitrogens with two attached hydrogens (primary N) is 1. The minimum atomic E-state index is 0.165. The normalized spacial score (nSPS) is 10.6. The highest BCUT2D eigenvalue weighted by Gasteiger charge is 2.05. The molecule has 96 valence electrons. The molecule has 5 heteroatoms. The number of aliphatic hydroxyl groups excluding tert-OH is 1. The summed E-state index contributed by atoms with van der Waals surface area (Å²) in [6.07, 6.45) is 0.689. The van der Waals surface area contributed by atoms with Crippen molar-refractivity contribution in [3.8, 4) is 5.88 Å². The molecule has 1 heterocycles. The van der Waals surface area contributed by atoms with Gasteiger partial charge in [-0.05, 0) is 24.5 Å². The number of rotatable bonds is 7. The Morgan fingerprint density at radius 2 is 2.24 bits per heavy atom. The Bertz CT molecular complexity index is 343. The summed E-state index contributed by atoms with van der Waals surface area (Å²) in [5, 5.41) is 11.8. The van der Waals surface area contributed by atoms with Gasteiger partial charge in [0.2, 0.25) is 5.88 Å². The van der Waals surface area contributed by atoms with Gasteiger partial charge in [-0.2, -0.15) is 4.98 Å². The number of nitrogen functional groups attached to an aromatic ring is 1. The highest BCUT2D eigenvalue weighted by atomic mass is 16.5. The van der Waals surface area contributed by atoms with Crippen molar-refractivity contribution in [3.63, 3.8) is 0 Å². The molecule has 0 spiro atoms. The lowest BCUT2D eigenvalue weighted by atomic mass is 10.2. The Labute approximate surface area is 102 Å². The van der Waals surface area contributed by atoms with Crippen LogP contribution in [0.2, 0.25) is 0 Å². The van der Waals surface area contributed by atoms with Gasteiger partial charge in [0.1, 0.15) is 5.82 Å². The lowest BCUT2D eigenvalue weighted by Crippen LogP contribution is -2.10. The molecule has 0 bridgehead atoms. The first kappa shape index (κ1) is 13.6. The van der Waals surface area contributed by atoms with Crippen LogP contribution in [0.3, 0.4) is 0 Å². The number of aliphatic hydroxyl groups is 1. The zero-order valence-electron chi connectivity index (χ0n) is 10.4. The van der Waals surface area contributed by atoms with E-state index in [-0.39, 0.29) is 6.61 Å². The summed E-state index contributed by atoms with van der Waals surface area (Å²) in [4.78, 5) is 4.28. The molecule has 0 aromatic carbocycles. The van der Waals surface area contributed by atoms with Crippen molar-refractivity contribution in [1.29, 1.82) is 0 Å². The van der Waals surface area contributed by atoms with Crippen LogP contribution in [-0.4, -0.2) is 29.8 Å². The third-order valence-electron chi connectivity index (χ3n) is 2.08. The van der Waals surface area contributed by atoms with Crippen LogP contribution in [0.1, 0.15) is 20.3 Å². The SMILES string of the molecule is CC(C)COc1nc(NCCCO)ccc1N. The molecule has 0 amide bonds. The Kier molecular flexibility index (Phi) is 5.56. The smallest absolute Gasteiger partial charge is 0.239 e. The van der Waals surface area contributed by atoms with E-state index in [9.17, 15) is 0 Å². The first-order valence-corrected chi connectivity index (χ1v) is 5.87. The standard InChI is InChI=1S/C12H21N3O2/c1-9(2)8-17-12-10(13)4-5-11(15-12)14-6-3-7-16/h4-5,9,16H,3,6-8,13H2,1-2H3,(H,14,15). The molecule has 1 aromatic heterocycles. The van der Waals surface area contributed by atoms with Crippen molar-refractivity contribution in [1.82, 2.24) is 4.98 Å². The molecule has 0 aliphatic rings. The Hall–Kier alpha value is -1.49. The maximum Gasteiger partial charge on any atom is 0.239 e. The quantitative estimate of drug-likeness (QED) is 0.628. The highest BCUT2D eigenvalue weighted by Crippen LogP contribution is 2.21. The molecule has 0 fully saturated rings. The minimum Gasteiger partial charge on any atom is -0.476 e. The molecular weight excluding hydrogens is 218 g/mol. The highest BCUT2D eigenvalue weighted by molar-refractivity contribution is 5.53. The Balaban J connectivity index is 2.59. The Morgan fingerprint density at radius 1 is 1.47 bits per heavy atom. The van der Waals surface area contributed by atoms with E-state index in [2.05, 4.69) is 24.1 Å². The molecule has 0 aliphatic carbocycles. The summed E-state index contributed by atoms with van der Waals surface area (Å²) in [6.45, 7) is 5.58. The molecule has 0 saturated heterocycles. The fourth-order valence-corrected chi connectivity index (χ4v) is 1.21. The zero-order chi connectivity index (χ0) is 12.7. The molecule has 17 heavy (non-hydrogen) atoms. The van der Waals surface area contributed by atoms with Crippen LogP contribution in [0.5, 0.6) is 5.88 Å². The van der Waals surface area contributed by atoms with E-state index in [1.807, 2.05) is 0 Å². The average molecular weight is 239 g/mol. The van der Waals surface area contributed by atoms with Gasteiger partial charge in [0, 0.05) is 13.2 Å². The van der Waals surface area contributed by atoms with E-state index < -0.39 is 0 Å². The second-order valence-electron chi connectivity index (χ2n) is 4.30. The van der Waals surface area contributed by atoms with Gasteiger partial charge in [0.15, 0.2) is 0 Å². The van der Waals surface area contributed by atoms with Crippen LogP contribution in [-0.2, 0) is 0 Å². The zero-order valence-corrected chi connectivity index (χ0v) is 10.4. The molecule has 1 aromatic rings. The van der Waals surface area contributed by atoms with Crippen molar-refractivity contribution >= 4 is 11.5 Å². The lowest BCUT2D eigenvalue weighted by molar-refractivity contribution is 0.263. The Morgan fingerprint density at radius 3 is 2.88 bits per heavy atom. The van der Waals surface area contributed by atoms with Gasteiger partial charge in [0.05, 0.1) is 12.3 Å². The van der Waals surface area contributed by atoms with Gasteiger partial charge in [-0.25, -0.2) is 0 Å². The van der Waals surface area contributed by atoms with Gasteiger partial charge in [-0.15, -0.1) is 0 Å². The van der Waals surface area contributed by atoms with E-state index in [0.29, 0.717) is 42.9 Å². The molecule has 0 unspecified atom stereocenters. The molecule has 0 saturated carbocycles. The van der Waals surface area contributed by atoms with Gasteiger partial charge in [-0.1, -0.05) is 13.8 Å². The van der Waals surface area contributed by atoms with Gasteiger partial charge >= 0.3 is 0 Å². The van der Waals surface area contributed by atoms with Crippen molar-refractivity contribution in [2.75, 3.05) is 30.8 Å². The number of anilines is 2. The summed E-state index contributed by atoms with van der Waals surface area (Å²) < 4.78 is 5.52. The van der Waals surface area contributed by atoms with E-state index in [1.165, 1.54) is 0 Å². The lowest BCUT2D eigenvalue weighted by Gasteiger charge is -2.12. The maximum absolute atomic E-state index is 8.68. The summed E-state index contributed by atoms with van der Waals surface area (Å²) >= 11 is 0. The van der Waals surface area contributed by atoms with Crippen LogP contribution in [0, 0.1) is 5.92 Å². The monoisotopic (exact) mass is 239 g/mol. The first-order valence-electron chi connectivity index (χ1n) is 5.87. The van der Waals surface area contributed by atoms with Crippen LogP contribution < -0.4 is 15.8 Å². The molecule has 1 rings (SSSR count). The van der Waals surface area contributed by atoms with Crippen molar-refractivity contribution in [3.05, 3.63) is 12.1 Å². The fourth-order valence-electron chi connectivity index (χ4n) is 1.21. The predicted octanol–water partition coefficient (Wildman–Crippen LogP) is 1.49. The summed E-state index contributed by atoms with van der Waals surface area (Å²) in [5.74, 6) is 1.61. The number of hydrogen-bond donors (Lipinski definition) is 3. The van der Waals surface area contributed by atoms with Crippen LogP contribution in [0.15, 0.2) is 12.1 Å². The fraction of sp³-hybridized carbons (Fsp3) is 0.583. The average Bonchev–Trinajstić information content (AvgIpc) is 2.29.